The van der Waals surface area contributed by atoms with Crippen LogP contribution in [0, 0.1) is 5.92 Å². The Labute approximate surface area is 123 Å². The highest BCUT2D eigenvalue weighted by atomic mass is 16.5. The molecule has 0 radical (unpaired) electrons. The summed E-state index contributed by atoms with van der Waals surface area (Å²) < 4.78 is 5.27. The van der Waals surface area contributed by atoms with Gasteiger partial charge in [-0.15, -0.1) is 0 Å². The summed E-state index contributed by atoms with van der Waals surface area (Å²) in [6, 6.07) is 0.967. The molecule has 116 valence electrons. The van der Waals surface area contributed by atoms with E-state index in [9.17, 15) is 4.79 Å². The van der Waals surface area contributed by atoms with Crippen LogP contribution < -0.4 is 5.73 Å². The summed E-state index contributed by atoms with van der Waals surface area (Å²) in [5, 5.41) is 0. The van der Waals surface area contributed by atoms with Gasteiger partial charge in [-0.25, -0.2) is 0 Å². The molecule has 0 heterocycles. The SMILES string of the molecule is CCC1CCC(N(C(=O)CC(CN)OC)C2CC2)CC1. The zero-order valence-corrected chi connectivity index (χ0v) is 13.0. The van der Waals surface area contributed by atoms with Crippen LogP contribution in [-0.4, -0.2) is 42.6 Å². The number of methoxy groups -OCH3 is 1. The molecular formula is C16H30N2O2. The fourth-order valence-corrected chi connectivity index (χ4v) is 3.45. The van der Waals surface area contributed by atoms with Crippen molar-refractivity contribution in [3.8, 4) is 0 Å². The fourth-order valence-electron chi connectivity index (χ4n) is 3.45. The first kappa shape index (κ1) is 15.8. The highest BCUT2D eigenvalue weighted by Crippen LogP contribution is 2.36. The second-order valence-corrected chi connectivity index (χ2v) is 6.41. The predicted octanol–water partition coefficient (Wildman–Crippen LogP) is 2.31. The number of hydrogen-bond donors (Lipinski definition) is 1. The van der Waals surface area contributed by atoms with E-state index in [1.54, 1.807) is 7.11 Å². The fraction of sp³-hybridized carbons (Fsp3) is 0.938. The highest BCUT2D eigenvalue weighted by molar-refractivity contribution is 5.77. The first-order valence-electron chi connectivity index (χ1n) is 8.23. The Morgan fingerprint density at radius 3 is 2.15 bits per heavy atom. The van der Waals surface area contributed by atoms with E-state index < -0.39 is 0 Å². The molecule has 2 rings (SSSR count). The summed E-state index contributed by atoms with van der Waals surface area (Å²) in [5.41, 5.74) is 5.64. The van der Waals surface area contributed by atoms with Gasteiger partial charge in [0.2, 0.25) is 5.91 Å². The van der Waals surface area contributed by atoms with Gasteiger partial charge in [0.15, 0.2) is 0 Å². The van der Waals surface area contributed by atoms with Gasteiger partial charge >= 0.3 is 0 Å². The van der Waals surface area contributed by atoms with Crippen molar-refractivity contribution in [1.82, 2.24) is 4.90 Å². The van der Waals surface area contributed by atoms with Gasteiger partial charge in [0.1, 0.15) is 0 Å². The molecule has 0 aliphatic heterocycles. The van der Waals surface area contributed by atoms with Crippen molar-refractivity contribution < 1.29 is 9.53 Å². The van der Waals surface area contributed by atoms with Crippen LogP contribution in [-0.2, 0) is 9.53 Å². The number of carbonyl (C=O) groups excluding carboxylic acids is 1. The van der Waals surface area contributed by atoms with Gasteiger partial charge in [-0.05, 0) is 44.4 Å². The lowest BCUT2D eigenvalue weighted by atomic mass is 9.83. The third kappa shape index (κ3) is 3.95. The van der Waals surface area contributed by atoms with Crippen molar-refractivity contribution in [2.45, 2.75) is 76.5 Å². The Balaban J connectivity index is 1.92. The summed E-state index contributed by atoms with van der Waals surface area (Å²) in [6.45, 7) is 2.70. The summed E-state index contributed by atoms with van der Waals surface area (Å²) in [7, 11) is 1.64. The molecule has 0 aromatic heterocycles. The standard InChI is InChI=1S/C16H30N2O2/c1-3-12-4-6-13(7-5-12)18(14-8-9-14)16(19)10-15(11-17)20-2/h12-15H,3-11,17H2,1-2H3. The minimum Gasteiger partial charge on any atom is -0.380 e. The van der Waals surface area contributed by atoms with Gasteiger partial charge in [0, 0.05) is 25.7 Å². The van der Waals surface area contributed by atoms with E-state index in [4.69, 9.17) is 10.5 Å². The van der Waals surface area contributed by atoms with E-state index in [1.165, 1.54) is 44.9 Å². The second-order valence-electron chi connectivity index (χ2n) is 6.41. The van der Waals surface area contributed by atoms with Gasteiger partial charge in [0.25, 0.3) is 0 Å². The van der Waals surface area contributed by atoms with E-state index in [0.717, 1.165) is 5.92 Å². The molecule has 4 heteroatoms. The van der Waals surface area contributed by atoms with Crippen molar-refractivity contribution in [2.75, 3.05) is 13.7 Å². The van der Waals surface area contributed by atoms with Gasteiger partial charge < -0.3 is 15.4 Å². The van der Waals surface area contributed by atoms with Gasteiger partial charge in [-0.1, -0.05) is 13.3 Å². The molecule has 0 saturated heterocycles. The molecular weight excluding hydrogens is 252 g/mol. The van der Waals surface area contributed by atoms with Crippen LogP contribution in [0.25, 0.3) is 0 Å². The van der Waals surface area contributed by atoms with E-state index in [0.29, 0.717) is 25.0 Å². The zero-order chi connectivity index (χ0) is 14.5. The topological polar surface area (TPSA) is 55.6 Å². The molecule has 2 fully saturated rings. The third-order valence-corrected chi connectivity index (χ3v) is 5.01. The molecule has 2 aliphatic rings. The van der Waals surface area contributed by atoms with Crippen LogP contribution in [0.4, 0.5) is 0 Å². The molecule has 1 unspecified atom stereocenters. The normalized spacial score (nSPS) is 28.1. The number of hydrogen-bond acceptors (Lipinski definition) is 3. The van der Waals surface area contributed by atoms with Crippen molar-refractivity contribution in [1.29, 1.82) is 0 Å². The molecule has 1 amide bonds. The summed E-state index contributed by atoms with van der Waals surface area (Å²) in [4.78, 5) is 14.8. The van der Waals surface area contributed by atoms with Crippen molar-refractivity contribution in [2.24, 2.45) is 11.7 Å². The Hall–Kier alpha value is -0.610. The van der Waals surface area contributed by atoms with Gasteiger partial charge in [-0.3, -0.25) is 4.79 Å². The monoisotopic (exact) mass is 282 g/mol. The molecule has 4 nitrogen and oxygen atoms in total. The highest BCUT2D eigenvalue weighted by Gasteiger charge is 2.38. The first-order chi connectivity index (χ1) is 9.69. The van der Waals surface area contributed by atoms with Crippen LogP contribution in [0.15, 0.2) is 0 Å². The Morgan fingerprint density at radius 2 is 1.75 bits per heavy atom. The maximum absolute atomic E-state index is 12.6. The quantitative estimate of drug-likeness (QED) is 0.779. The molecule has 0 aromatic carbocycles. The summed E-state index contributed by atoms with van der Waals surface area (Å²) in [6.07, 6.45) is 8.88. The number of nitrogens with two attached hydrogens (primary N) is 1. The van der Waals surface area contributed by atoms with E-state index in [2.05, 4.69) is 11.8 Å². The van der Waals surface area contributed by atoms with Gasteiger partial charge in [0.05, 0.1) is 12.5 Å². The molecule has 2 N–H and O–H groups in total. The van der Waals surface area contributed by atoms with E-state index >= 15 is 0 Å². The van der Waals surface area contributed by atoms with Gasteiger partial charge in [-0.2, -0.15) is 0 Å². The predicted molar refractivity (Wildman–Crippen MR) is 80.4 cm³/mol. The lowest BCUT2D eigenvalue weighted by Gasteiger charge is -2.37. The van der Waals surface area contributed by atoms with Crippen LogP contribution in [0.1, 0.15) is 58.3 Å². The summed E-state index contributed by atoms with van der Waals surface area (Å²) >= 11 is 0. The smallest absolute Gasteiger partial charge is 0.225 e. The van der Waals surface area contributed by atoms with Crippen LogP contribution in [0.5, 0.6) is 0 Å². The Kier molecular flexibility index (Phi) is 5.85. The van der Waals surface area contributed by atoms with Crippen molar-refractivity contribution >= 4 is 5.91 Å². The minimum atomic E-state index is -0.129. The average Bonchev–Trinajstić information content (AvgIpc) is 3.30. The number of rotatable bonds is 7. The molecule has 0 bridgehead atoms. The van der Waals surface area contributed by atoms with Crippen LogP contribution in [0.3, 0.4) is 0 Å². The van der Waals surface area contributed by atoms with E-state index in [-0.39, 0.29) is 12.0 Å². The number of carbonyl (C=O) groups is 1. The van der Waals surface area contributed by atoms with Crippen molar-refractivity contribution in [3.63, 3.8) is 0 Å². The molecule has 0 spiro atoms. The number of nitrogens with zero attached hydrogens (tertiary/aromatic N) is 1. The lowest BCUT2D eigenvalue weighted by molar-refractivity contribution is -0.137. The molecule has 1 atom stereocenters. The first-order valence-corrected chi connectivity index (χ1v) is 8.23. The molecule has 20 heavy (non-hydrogen) atoms. The largest absolute Gasteiger partial charge is 0.380 e. The molecule has 0 aromatic rings. The number of ether oxygens (including phenoxy) is 1. The average molecular weight is 282 g/mol. The second kappa shape index (κ2) is 7.41. The summed E-state index contributed by atoms with van der Waals surface area (Å²) in [5.74, 6) is 1.13. The van der Waals surface area contributed by atoms with Crippen molar-refractivity contribution in [3.05, 3.63) is 0 Å². The maximum Gasteiger partial charge on any atom is 0.225 e. The third-order valence-electron chi connectivity index (χ3n) is 5.01. The van der Waals surface area contributed by atoms with Crippen LogP contribution >= 0.6 is 0 Å². The minimum absolute atomic E-state index is 0.129. The Morgan fingerprint density at radius 1 is 1.20 bits per heavy atom. The maximum atomic E-state index is 12.6. The molecule has 2 saturated carbocycles. The zero-order valence-electron chi connectivity index (χ0n) is 13.0. The van der Waals surface area contributed by atoms with Crippen LogP contribution in [0.2, 0.25) is 0 Å². The molecule has 2 aliphatic carbocycles. The Bertz CT molecular complexity index is 306. The number of amides is 1. The van der Waals surface area contributed by atoms with E-state index in [1.807, 2.05) is 0 Å². The lowest BCUT2D eigenvalue weighted by Crippen LogP contribution is -2.45.